The third kappa shape index (κ3) is 5.09. The molecule has 27 heavy (non-hydrogen) atoms. The second-order valence-electron chi connectivity index (χ2n) is 4.69. The first-order valence-corrected chi connectivity index (χ1v) is 8.77. The van der Waals surface area contributed by atoms with Crippen LogP contribution in [0.4, 0.5) is 37.0 Å². The van der Waals surface area contributed by atoms with Crippen molar-refractivity contribution in [1.29, 1.82) is 0 Å². The number of hydrogen-bond acceptors (Lipinski definition) is 5. The minimum Gasteiger partial charge on any atom is -0.383 e. The van der Waals surface area contributed by atoms with Gasteiger partial charge in [-0.3, -0.25) is 4.79 Å². The Kier molecular flexibility index (Phi) is 6.09. The summed E-state index contributed by atoms with van der Waals surface area (Å²) in [7, 11) is 0. The number of aromatic nitrogens is 2. The van der Waals surface area contributed by atoms with E-state index in [1.165, 1.54) is 0 Å². The molecule has 15 heteroatoms. The number of benzene rings is 1. The van der Waals surface area contributed by atoms with Crippen molar-refractivity contribution in [3.63, 3.8) is 0 Å². The lowest BCUT2D eigenvalue weighted by molar-refractivity contribution is -0.137. The number of carbonyl (C=O) groups excluding carboxylic acids is 1. The molecule has 0 saturated heterocycles. The Morgan fingerprint density at radius 2 is 1.63 bits per heavy atom. The van der Waals surface area contributed by atoms with Crippen molar-refractivity contribution in [2.24, 2.45) is 5.73 Å². The zero-order valence-electron chi connectivity index (χ0n) is 12.5. The SMILES string of the molecule is NC(=O)Sc1nn(-c2c(Cl)cc(C(F)(F)F)cc2Cl)c(N)c1SC(F)(F)F. The number of halogens is 8. The summed E-state index contributed by atoms with van der Waals surface area (Å²) in [5.41, 5.74) is 4.25. The molecule has 1 aromatic carbocycles. The first kappa shape index (κ1) is 21.9. The number of thioether (sulfide) groups is 2. The Labute approximate surface area is 165 Å². The number of rotatable bonds is 3. The lowest BCUT2D eigenvalue weighted by Gasteiger charge is -2.13. The third-order valence-corrected chi connectivity index (χ3v) is 5.04. The van der Waals surface area contributed by atoms with Crippen LogP contribution in [0.1, 0.15) is 5.56 Å². The van der Waals surface area contributed by atoms with Crippen LogP contribution in [0.5, 0.6) is 0 Å². The Balaban J connectivity index is 2.67. The summed E-state index contributed by atoms with van der Waals surface area (Å²) in [6.45, 7) is 0. The average molecular weight is 471 g/mol. The highest BCUT2D eigenvalue weighted by atomic mass is 35.5. The molecule has 1 amide bonds. The molecule has 2 rings (SSSR count). The van der Waals surface area contributed by atoms with Crippen molar-refractivity contribution >= 4 is 57.8 Å². The maximum atomic E-state index is 12.8. The maximum Gasteiger partial charge on any atom is 0.446 e. The highest BCUT2D eigenvalue weighted by molar-refractivity contribution is 8.14. The van der Waals surface area contributed by atoms with Crippen LogP contribution >= 0.6 is 46.7 Å². The van der Waals surface area contributed by atoms with Gasteiger partial charge in [-0.25, -0.2) is 4.68 Å². The molecule has 0 aliphatic heterocycles. The van der Waals surface area contributed by atoms with E-state index in [-0.39, 0.29) is 17.4 Å². The monoisotopic (exact) mass is 470 g/mol. The van der Waals surface area contributed by atoms with Gasteiger partial charge in [0.1, 0.15) is 16.5 Å². The van der Waals surface area contributed by atoms with E-state index in [1.807, 2.05) is 0 Å². The van der Waals surface area contributed by atoms with Crippen LogP contribution < -0.4 is 11.5 Å². The normalized spacial score (nSPS) is 12.4. The number of hydrogen-bond donors (Lipinski definition) is 2. The van der Waals surface area contributed by atoms with Crippen LogP contribution in [0, 0.1) is 0 Å². The molecule has 0 spiro atoms. The number of alkyl halides is 6. The minimum atomic E-state index is -4.79. The molecule has 0 radical (unpaired) electrons. The Hall–Kier alpha value is -1.44. The van der Waals surface area contributed by atoms with Gasteiger partial charge >= 0.3 is 11.7 Å². The van der Waals surface area contributed by atoms with Gasteiger partial charge in [-0.05, 0) is 35.7 Å². The van der Waals surface area contributed by atoms with Gasteiger partial charge < -0.3 is 11.5 Å². The highest BCUT2D eigenvalue weighted by Gasteiger charge is 2.36. The average Bonchev–Trinajstić information content (AvgIpc) is 2.72. The number of carbonyl (C=O) groups is 1. The summed E-state index contributed by atoms with van der Waals surface area (Å²) < 4.78 is 77.3. The molecular weight excluding hydrogens is 465 g/mol. The van der Waals surface area contributed by atoms with Crippen LogP contribution in [0.2, 0.25) is 10.0 Å². The van der Waals surface area contributed by atoms with Crippen LogP contribution in [-0.2, 0) is 6.18 Å². The molecule has 1 heterocycles. The number of nitrogens with zero attached hydrogens (tertiary/aromatic N) is 2. The van der Waals surface area contributed by atoms with Gasteiger partial charge in [0.2, 0.25) is 0 Å². The predicted molar refractivity (Wildman–Crippen MR) is 90.4 cm³/mol. The first-order chi connectivity index (χ1) is 12.2. The van der Waals surface area contributed by atoms with Crippen molar-refractivity contribution in [2.45, 2.75) is 21.6 Å². The topological polar surface area (TPSA) is 86.9 Å². The Morgan fingerprint density at radius 3 is 2.04 bits per heavy atom. The first-order valence-electron chi connectivity index (χ1n) is 6.39. The number of anilines is 1. The van der Waals surface area contributed by atoms with E-state index in [1.54, 1.807) is 0 Å². The van der Waals surface area contributed by atoms with Crippen molar-refractivity contribution < 1.29 is 31.1 Å². The van der Waals surface area contributed by atoms with Crippen LogP contribution in [0.15, 0.2) is 22.1 Å². The quantitative estimate of drug-likeness (QED) is 0.452. The number of primary amides is 1. The molecule has 1 aromatic heterocycles. The molecule has 0 fully saturated rings. The molecule has 148 valence electrons. The van der Waals surface area contributed by atoms with Gasteiger partial charge in [-0.15, -0.1) is 0 Å². The molecule has 0 aliphatic rings. The zero-order valence-corrected chi connectivity index (χ0v) is 15.6. The molecule has 0 saturated carbocycles. The molecule has 0 unspecified atom stereocenters. The van der Waals surface area contributed by atoms with Gasteiger partial charge in [0.15, 0.2) is 0 Å². The molecule has 4 N–H and O–H groups in total. The number of nitrogens with two attached hydrogens (primary N) is 2. The van der Waals surface area contributed by atoms with Crippen LogP contribution in [-0.4, -0.2) is 20.5 Å². The summed E-state index contributed by atoms with van der Waals surface area (Å²) in [5, 5.41) is 0.987. The largest absolute Gasteiger partial charge is 0.446 e. The summed E-state index contributed by atoms with van der Waals surface area (Å²) in [4.78, 5) is 10.4. The fourth-order valence-electron chi connectivity index (χ4n) is 1.87. The summed E-state index contributed by atoms with van der Waals surface area (Å²) in [6, 6.07) is 1.03. The van der Waals surface area contributed by atoms with Gasteiger partial charge in [0, 0.05) is 0 Å². The van der Waals surface area contributed by atoms with Gasteiger partial charge in [0.05, 0.1) is 20.5 Å². The van der Waals surface area contributed by atoms with Gasteiger partial charge in [-0.1, -0.05) is 23.2 Å². The van der Waals surface area contributed by atoms with Crippen molar-refractivity contribution in [2.75, 3.05) is 5.73 Å². The molecule has 0 bridgehead atoms. The lowest BCUT2D eigenvalue weighted by Crippen LogP contribution is -2.09. The van der Waals surface area contributed by atoms with Gasteiger partial charge in [-0.2, -0.15) is 31.4 Å². The van der Waals surface area contributed by atoms with Crippen molar-refractivity contribution in [3.05, 3.63) is 27.7 Å². The molecular formula is C12H6Cl2F6N4OS2. The summed E-state index contributed by atoms with van der Waals surface area (Å²) in [6.07, 6.45) is -4.76. The van der Waals surface area contributed by atoms with Crippen molar-refractivity contribution in [3.8, 4) is 5.69 Å². The fourth-order valence-corrected chi connectivity index (χ4v) is 3.83. The van der Waals surface area contributed by atoms with E-state index in [0.717, 1.165) is 0 Å². The van der Waals surface area contributed by atoms with E-state index >= 15 is 0 Å². The van der Waals surface area contributed by atoms with Crippen LogP contribution in [0.25, 0.3) is 5.69 Å². The molecule has 2 aromatic rings. The second-order valence-corrected chi connectivity index (χ2v) is 7.57. The number of amides is 1. The Morgan fingerprint density at radius 1 is 1.11 bits per heavy atom. The second kappa shape index (κ2) is 7.53. The molecule has 5 nitrogen and oxygen atoms in total. The van der Waals surface area contributed by atoms with Crippen LogP contribution in [0.3, 0.4) is 0 Å². The molecule has 0 aliphatic carbocycles. The smallest absolute Gasteiger partial charge is 0.383 e. The summed E-state index contributed by atoms with van der Waals surface area (Å²) >= 11 is 11.1. The minimum absolute atomic E-state index is 0.154. The zero-order chi connectivity index (χ0) is 20.7. The summed E-state index contributed by atoms with van der Waals surface area (Å²) in [5.74, 6) is -0.635. The fraction of sp³-hybridized carbons (Fsp3) is 0.167. The standard InChI is InChI=1S/C12H6Cl2F6N4OS2/c13-4-1-3(11(15,16)17)2-5(14)6(4)24-8(21)7(27-12(18,19)20)9(23-24)26-10(22)25/h1-2H,21H2,(H2,22,25). The van der Waals surface area contributed by atoms with E-state index in [2.05, 4.69) is 5.10 Å². The predicted octanol–water partition coefficient (Wildman–Crippen LogP) is 5.56. The van der Waals surface area contributed by atoms with E-state index in [4.69, 9.17) is 34.7 Å². The highest BCUT2D eigenvalue weighted by Crippen LogP contribution is 2.46. The molecule has 0 atom stereocenters. The lowest BCUT2D eigenvalue weighted by atomic mass is 10.2. The van der Waals surface area contributed by atoms with Crippen molar-refractivity contribution in [1.82, 2.24) is 9.78 Å². The van der Waals surface area contributed by atoms with E-state index < -0.39 is 60.0 Å². The van der Waals surface area contributed by atoms with E-state index in [0.29, 0.717) is 16.8 Å². The number of nitrogen functional groups attached to an aromatic ring is 1. The maximum absolute atomic E-state index is 12.8. The Bertz CT molecular complexity index is 876. The third-order valence-electron chi connectivity index (χ3n) is 2.82. The van der Waals surface area contributed by atoms with E-state index in [9.17, 15) is 31.1 Å². The van der Waals surface area contributed by atoms with Gasteiger partial charge in [0.25, 0.3) is 5.24 Å².